The van der Waals surface area contributed by atoms with Gasteiger partial charge in [0.1, 0.15) is 22.7 Å². The number of aryl methyl sites for hydroxylation is 2. The van der Waals surface area contributed by atoms with E-state index in [9.17, 15) is 24.9 Å². The number of rotatable bonds is 0. The number of aliphatic hydroxyl groups is 1. The van der Waals surface area contributed by atoms with Crippen LogP contribution in [0.25, 0.3) is 0 Å². The van der Waals surface area contributed by atoms with Crippen molar-refractivity contribution >= 4 is 0 Å². The standard InChI is InChI=1S/C33H40O7/c1-18-10-24(34)26(36)15-28-22(18)12-20-14-30(38)33(6)21(17-31(3,4)8-7-9-32(20,5)39-28)13-23-19(2)11-25(35)27(37)16-29(23)40-33/h7-8,10-11,15-16,20-21,30,38H,9,12-14,17H2,1-6H3,(H,34,36)(H,35,37)/b8-7-/t20-,21-,30-,32-,33-/m1/s1. The van der Waals surface area contributed by atoms with Crippen LogP contribution in [0.5, 0.6) is 23.0 Å². The predicted octanol–water partition coefficient (Wildman–Crippen LogP) is 4.88. The average Bonchev–Trinajstić information content (AvgIpc) is 3.01. The second-order valence-electron chi connectivity index (χ2n) is 13.2. The van der Waals surface area contributed by atoms with Gasteiger partial charge in [-0.1, -0.05) is 26.0 Å². The lowest BCUT2D eigenvalue weighted by Gasteiger charge is -2.49. The summed E-state index contributed by atoms with van der Waals surface area (Å²) in [7, 11) is 0. The first kappa shape index (κ1) is 28.2. The molecule has 0 amide bonds. The van der Waals surface area contributed by atoms with Crippen LogP contribution in [0.4, 0.5) is 0 Å². The molecule has 3 aliphatic rings. The summed E-state index contributed by atoms with van der Waals surface area (Å²) in [5, 5.41) is 32.4. The zero-order chi connectivity index (χ0) is 29.2. The molecule has 5 atom stereocenters. The van der Waals surface area contributed by atoms with E-state index in [1.165, 1.54) is 24.3 Å². The fourth-order valence-corrected chi connectivity index (χ4v) is 6.92. The maximum atomic E-state index is 12.6. The highest BCUT2D eigenvalue weighted by Crippen LogP contribution is 2.49. The van der Waals surface area contributed by atoms with Crippen molar-refractivity contribution in [2.24, 2.45) is 17.3 Å². The predicted molar refractivity (Wildman–Crippen MR) is 153 cm³/mol. The highest BCUT2D eigenvalue weighted by Gasteiger charge is 2.51. The van der Waals surface area contributed by atoms with Crippen molar-refractivity contribution in [2.75, 3.05) is 0 Å². The number of allylic oxidation sites excluding steroid dienone is 1. The van der Waals surface area contributed by atoms with E-state index in [2.05, 4.69) is 26.0 Å². The molecule has 2 heterocycles. The van der Waals surface area contributed by atoms with E-state index < -0.39 is 28.2 Å². The van der Waals surface area contributed by atoms with E-state index in [0.29, 0.717) is 37.2 Å². The number of aliphatic hydroxyl groups excluding tert-OH is 1. The minimum Gasteiger partial charge on any atom is -0.504 e. The molecule has 7 nitrogen and oxygen atoms in total. The lowest BCUT2D eigenvalue weighted by molar-refractivity contribution is -0.117. The Bertz CT molecular complexity index is 1510. The number of hydrogen-bond donors (Lipinski definition) is 3. The van der Waals surface area contributed by atoms with Crippen LogP contribution in [0.2, 0.25) is 0 Å². The van der Waals surface area contributed by atoms with E-state index in [0.717, 1.165) is 28.7 Å². The summed E-state index contributed by atoms with van der Waals surface area (Å²) in [6.45, 7) is 12.0. The Labute approximate surface area is 235 Å². The number of hydrogen-bond acceptors (Lipinski definition) is 7. The third kappa shape index (κ3) is 4.89. The molecular weight excluding hydrogens is 508 g/mol. The van der Waals surface area contributed by atoms with Gasteiger partial charge in [-0.2, -0.15) is 0 Å². The maximum absolute atomic E-state index is 12.6. The molecular formula is C33H40O7. The SMILES string of the molecule is Cc1cc(O)c(=O)cc2c1C[C@@H]1CC(C)(C)/C=C\C[C@@]3(C)Oc4cc(=O)c(O)cc(C)c4C[C@@H]3C[C@@H](O)[C@]1(C)O2. The number of fused-ring (bicyclic) bond motifs is 4. The summed E-state index contributed by atoms with van der Waals surface area (Å²) in [6, 6.07) is 5.68. The van der Waals surface area contributed by atoms with Gasteiger partial charge in [-0.3, -0.25) is 9.59 Å². The van der Waals surface area contributed by atoms with Gasteiger partial charge in [-0.15, -0.1) is 0 Å². The summed E-state index contributed by atoms with van der Waals surface area (Å²) in [5.41, 5.74) is 0.287. The molecule has 214 valence electrons. The van der Waals surface area contributed by atoms with Gasteiger partial charge in [0.25, 0.3) is 0 Å². The van der Waals surface area contributed by atoms with Gasteiger partial charge < -0.3 is 24.8 Å². The monoisotopic (exact) mass is 548 g/mol. The minimum absolute atomic E-state index is 0.0753. The summed E-state index contributed by atoms with van der Waals surface area (Å²) < 4.78 is 13.2. The molecule has 0 spiro atoms. The second kappa shape index (κ2) is 9.65. The summed E-state index contributed by atoms with van der Waals surface area (Å²) in [5.74, 6) is 0.0238. The first-order valence-electron chi connectivity index (χ1n) is 14.1. The average molecular weight is 549 g/mol. The molecule has 0 unspecified atom stereocenters. The Balaban J connectivity index is 1.63. The van der Waals surface area contributed by atoms with Crippen LogP contribution in [-0.2, 0) is 12.8 Å². The largest absolute Gasteiger partial charge is 0.504 e. The van der Waals surface area contributed by atoms with E-state index in [1.54, 1.807) is 0 Å². The molecule has 3 N–H and O–H groups in total. The van der Waals surface area contributed by atoms with Crippen molar-refractivity contribution in [3.05, 3.63) is 79.1 Å². The van der Waals surface area contributed by atoms with Crippen LogP contribution < -0.4 is 20.3 Å². The summed E-state index contributed by atoms with van der Waals surface area (Å²) in [4.78, 5) is 25.0. The van der Waals surface area contributed by atoms with Crippen molar-refractivity contribution < 1.29 is 24.8 Å². The van der Waals surface area contributed by atoms with Gasteiger partial charge in [-0.05, 0) is 93.2 Å². The van der Waals surface area contributed by atoms with Crippen LogP contribution in [0, 0.1) is 31.1 Å². The van der Waals surface area contributed by atoms with Gasteiger partial charge in [0.05, 0.1) is 6.10 Å². The van der Waals surface area contributed by atoms with E-state index in [1.807, 2.05) is 27.7 Å². The zero-order valence-electron chi connectivity index (χ0n) is 24.2. The molecule has 7 heteroatoms. The Kier molecular flexibility index (Phi) is 6.81. The molecule has 2 aromatic rings. The van der Waals surface area contributed by atoms with Gasteiger partial charge >= 0.3 is 0 Å². The Morgan fingerprint density at radius 2 is 1.32 bits per heavy atom. The molecule has 0 saturated heterocycles. The Morgan fingerprint density at radius 1 is 0.800 bits per heavy atom. The molecule has 2 aromatic carbocycles. The molecule has 40 heavy (non-hydrogen) atoms. The Morgan fingerprint density at radius 3 is 1.90 bits per heavy atom. The van der Waals surface area contributed by atoms with Gasteiger partial charge in [0, 0.05) is 30.4 Å². The second-order valence-corrected chi connectivity index (χ2v) is 13.2. The molecule has 0 saturated carbocycles. The zero-order valence-corrected chi connectivity index (χ0v) is 24.2. The van der Waals surface area contributed by atoms with E-state index in [4.69, 9.17) is 9.47 Å². The molecule has 0 fully saturated rings. The van der Waals surface area contributed by atoms with Crippen molar-refractivity contribution in [1.29, 1.82) is 0 Å². The van der Waals surface area contributed by atoms with Gasteiger partial charge in [-0.25, -0.2) is 0 Å². The topological polar surface area (TPSA) is 113 Å². The van der Waals surface area contributed by atoms with Gasteiger partial charge in [0.2, 0.25) is 10.9 Å². The molecule has 0 aromatic heterocycles. The van der Waals surface area contributed by atoms with Crippen LogP contribution in [0.15, 0.2) is 46.0 Å². The van der Waals surface area contributed by atoms with Crippen LogP contribution in [0.3, 0.4) is 0 Å². The van der Waals surface area contributed by atoms with Gasteiger partial charge in [0.15, 0.2) is 11.5 Å². The smallest absolute Gasteiger partial charge is 0.223 e. The number of ether oxygens (including phenoxy) is 2. The summed E-state index contributed by atoms with van der Waals surface area (Å²) in [6.07, 6.45) is 6.29. The Hall–Kier alpha value is -3.32. The van der Waals surface area contributed by atoms with Crippen molar-refractivity contribution in [3.63, 3.8) is 0 Å². The highest BCUT2D eigenvalue weighted by molar-refractivity contribution is 5.46. The lowest BCUT2D eigenvalue weighted by Crippen LogP contribution is -2.57. The molecule has 5 rings (SSSR count). The molecule has 0 bridgehead atoms. The van der Waals surface area contributed by atoms with Crippen LogP contribution >= 0.6 is 0 Å². The lowest BCUT2D eigenvalue weighted by atomic mass is 9.67. The third-order valence-corrected chi connectivity index (χ3v) is 9.56. The third-order valence-electron chi connectivity index (χ3n) is 9.56. The quantitative estimate of drug-likeness (QED) is 0.402. The first-order valence-corrected chi connectivity index (χ1v) is 14.1. The fraction of sp³-hybridized carbons (Fsp3) is 0.515. The maximum Gasteiger partial charge on any atom is 0.223 e. The highest BCUT2D eigenvalue weighted by atomic mass is 16.5. The number of aromatic hydroxyl groups is 2. The minimum atomic E-state index is -1.01. The molecule has 1 aliphatic carbocycles. The molecule has 2 aliphatic heterocycles. The first-order chi connectivity index (χ1) is 18.6. The summed E-state index contributed by atoms with van der Waals surface area (Å²) >= 11 is 0. The fourth-order valence-electron chi connectivity index (χ4n) is 6.92. The van der Waals surface area contributed by atoms with E-state index in [-0.39, 0.29) is 28.7 Å². The molecule has 0 radical (unpaired) electrons. The van der Waals surface area contributed by atoms with Crippen molar-refractivity contribution in [2.45, 2.75) is 91.0 Å². The van der Waals surface area contributed by atoms with E-state index >= 15 is 0 Å². The van der Waals surface area contributed by atoms with Crippen molar-refractivity contribution in [1.82, 2.24) is 0 Å². The van der Waals surface area contributed by atoms with Crippen LogP contribution in [0.1, 0.15) is 69.2 Å². The van der Waals surface area contributed by atoms with Crippen molar-refractivity contribution in [3.8, 4) is 23.0 Å². The van der Waals surface area contributed by atoms with Crippen LogP contribution in [-0.4, -0.2) is 32.6 Å². The normalized spacial score (nSPS) is 31.5.